The third kappa shape index (κ3) is 4.01. The number of rotatable bonds is 5. The predicted molar refractivity (Wildman–Crippen MR) is 126 cm³/mol. The number of benzene rings is 2. The smallest absolute Gasteiger partial charge is 0.253 e. The molecular formula is C26H26N4O3. The van der Waals surface area contributed by atoms with E-state index >= 15 is 0 Å². The molecule has 1 saturated heterocycles. The Morgan fingerprint density at radius 2 is 1.76 bits per heavy atom. The molecule has 2 aliphatic rings. The first-order chi connectivity index (χ1) is 16.0. The molecule has 7 heteroatoms. The molecule has 2 heterocycles. The molecule has 0 atom stereocenters. The van der Waals surface area contributed by atoms with E-state index < -0.39 is 5.91 Å². The lowest BCUT2D eigenvalue weighted by Gasteiger charge is -2.34. The fourth-order valence-corrected chi connectivity index (χ4v) is 4.74. The molecule has 0 bridgehead atoms. The van der Waals surface area contributed by atoms with Gasteiger partial charge in [0.2, 0.25) is 5.91 Å². The fraction of sp³-hybridized carbons (Fsp3) is 0.269. The minimum absolute atomic E-state index is 0.00506. The van der Waals surface area contributed by atoms with E-state index in [1.54, 1.807) is 6.07 Å². The minimum Gasteiger partial charge on any atom is -0.395 e. The highest BCUT2D eigenvalue weighted by Gasteiger charge is 2.28. The van der Waals surface area contributed by atoms with Crippen LogP contribution in [-0.2, 0) is 6.42 Å². The number of pyridine rings is 1. The Labute approximate surface area is 192 Å². The van der Waals surface area contributed by atoms with Crippen molar-refractivity contribution in [1.82, 2.24) is 14.8 Å². The lowest BCUT2D eigenvalue weighted by atomic mass is 10.0. The molecule has 1 fully saturated rings. The van der Waals surface area contributed by atoms with Crippen LogP contribution in [-0.4, -0.2) is 71.0 Å². The van der Waals surface area contributed by atoms with Crippen LogP contribution >= 0.6 is 0 Å². The van der Waals surface area contributed by atoms with Crippen molar-refractivity contribution < 1.29 is 14.7 Å². The van der Waals surface area contributed by atoms with Crippen LogP contribution in [0.5, 0.6) is 0 Å². The SMILES string of the molecule is NC(=O)c1cc(-c2ccccc2)nc2c1Cc1cc(C(=O)N3CCN(CCO)CC3)ccc1-2. The van der Waals surface area contributed by atoms with Gasteiger partial charge in [-0.2, -0.15) is 0 Å². The van der Waals surface area contributed by atoms with E-state index in [1.165, 1.54) is 0 Å². The molecule has 3 aromatic rings. The van der Waals surface area contributed by atoms with Crippen molar-refractivity contribution in [2.24, 2.45) is 5.73 Å². The number of fused-ring (bicyclic) bond motifs is 3. The Hall–Kier alpha value is -3.55. The average Bonchev–Trinajstić information content (AvgIpc) is 3.22. The second-order valence-electron chi connectivity index (χ2n) is 8.52. The van der Waals surface area contributed by atoms with E-state index in [-0.39, 0.29) is 12.5 Å². The van der Waals surface area contributed by atoms with Gasteiger partial charge in [-0.05, 0) is 29.3 Å². The third-order valence-electron chi connectivity index (χ3n) is 6.51. The largest absolute Gasteiger partial charge is 0.395 e. The van der Waals surface area contributed by atoms with Crippen LogP contribution in [0.3, 0.4) is 0 Å². The number of amides is 2. The summed E-state index contributed by atoms with van der Waals surface area (Å²) in [5.74, 6) is -0.471. The van der Waals surface area contributed by atoms with Gasteiger partial charge in [0.1, 0.15) is 0 Å². The molecule has 2 aromatic carbocycles. The quantitative estimate of drug-likeness (QED) is 0.494. The van der Waals surface area contributed by atoms with Gasteiger partial charge in [0.05, 0.1) is 18.0 Å². The Morgan fingerprint density at radius 3 is 2.45 bits per heavy atom. The number of aromatic nitrogens is 1. The van der Waals surface area contributed by atoms with E-state index in [0.29, 0.717) is 42.9 Å². The van der Waals surface area contributed by atoms with Gasteiger partial charge in [-0.15, -0.1) is 0 Å². The maximum absolute atomic E-state index is 13.1. The van der Waals surface area contributed by atoms with E-state index in [9.17, 15) is 9.59 Å². The first-order valence-electron chi connectivity index (χ1n) is 11.2. The van der Waals surface area contributed by atoms with Crippen LogP contribution < -0.4 is 5.73 Å². The molecule has 7 nitrogen and oxygen atoms in total. The first-order valence-corrected chi connectivity index (χ1v) is 11.2. The topological polar surface area (TPSA) is 99.8 Å². The van der Waals surface area contributed by atoms with Crippen molar-refractivity contribution in [3.63, 3.8) is 0 Å². The Morgan fingerprint density at radius 1 is 1.00 bits per heavy atom. The Kier molecular flexibility index (Phi) is 5.66. The van der Waals surface area contributed by atoms with Crippen molar-refractivity contribution in [1.29, 1.82) is 0 Å². The summed E-state index contributed by atoms with van der Waals surface area (Å²) in [6.45, 7) is 3.58. The minimum atomic E-state index is -0.476. The molecule has 1 aliphatic carbocycles. The van der Waals surface area contributed by atoms with E-state index in [0.717, 1.165) is 41.0 Å². The summed E-state index contributed by atoms with van der Waals surface area (Å²) >= 11 is 0. The predicted octanol–water partition coefficient (Wildman–Crippen LogP) is 2.17. The number of hydrogen-bond acceptors (Lipinski definition) is 5. The number of hydrogen-bond donors (Lipinski definition) is 2. The fourth-order valence-electron chi connectivity index (χ4n) is 4.74. The van der Waals surface area contributed by atoms with Crippen molar-refractivity contribution in [2.45, 2.75) is 6.42 Å². The van der Waals surface area contributed by atoms with Gasteiger partial charge in [0.25, 0.3) is 5.91 Å². The number of aliphatic hydroxyl groups is 1. The highest BCUT2D eigenvalue weighted by Crippen LogP contribution is 2.39. The summed E-state index contributed by atoms with van der Waals surface area (Å²) in [5, 5.41) is 9.11. The van der Waals surface area contributed by atoms with Gasteiger partial charge < -0.3 is 15.7 Å². The molecule has 33 heavy (non-hydrogen) atoms. The molecule has 0 radical (unpaired) electrons. The summed E-state index contributed by atoms with van der Waals surface area (Å²) in [7, 11) is 0. The maximum Gasteiger partial charge on any atom is 0.253 e. The summed E-state index contributed by atoms with van der Waals surface area (Å²) in [5.41, 5.74) is 12.0. The molecular weight excluding hydrogens is 416 g/mol. The normalized spacial score (nSPS) is 15.2. The van der Waals surface area contributed by atoms with E-state index in [2.05, 4.69) is 4.90 Å². The molecule has 0 saturated carbocycles. The lowest BCUT2D eigenvalue weighted by Crippen LogP contribution is -2.49. The average molecular weight is 443 g/mol. The summed E-state index contributed by atoms with van der Waals surface area (Å²) in [4.78, 5) is 34.3. The Bertz CT molecular complexity index is 1220. The van der Waals surface area contributed by atoms with Crippen molar-refractivity contribution in [2.75, 3.05) is 39.3 Å². The summed E-state index contributed by atoms with van der Waals surface area (Å²) in [6.07, 6.45) is 0.524. The molecule has 0 unspecified atom stereocenters. The highest BCUT2D eigenvalue weighted by atomic mass is 16.3. The van der Waals surface area contributed by atoms with Crippen LogP contribution in [0.15, 0.2) is 54.6 Å². The molecule has 3 N–H and O–H groups in total. The monoisotopic (exact) mass is 442 g/mol. The number of primary amides is 1. The van der Waals surface area contributed by atoms with Crippen molar-refractivity contribution in [3.8, 4) is 22.5 Å². The standard InChI is InChI=1S/C26H26N4O3/c27-25(32)22-16-23(17-4-2-1-3-5-17)28-24-20-7-6-18(14-19(20)15-21(22)24)26(33)30-10-8-29(9-11-30)12-13-31/h1-7,14,16,31H,8-13,15H2,(H2,27,32). The van der Waals surface area contributed by atoms with Crippen molar-refractivity contribution >= 4 is 11.8 Å². The molecule has 1 aliphatic heterocycles. The first kappa shape index (κ1) is 21.3. The number of nitrogens with zero attached hydrogens (tertiary/aromatic N) is 3. The number of carbonyl (C=O) groups excluding carboxylic acids is 2. The van der Waals surface area contributed by atoms with Crippen LogP contribution in [0.25, 0.3) is 22.5 Å². The molecule has 168 valence electrons. The summed E-state index contributed by atoms with van der Waals surface area (Å²) < 4.78 is 0. The zero-order valence-corrected chi connectivity index (χ0v) is 18.3. The van der Waals surface area contributed by atoms with Crippen LogP contribution in [0, 0.1) is 0 Å². The van der Waals surface area contributed by atoms with Crippen LogP contribution in [0.2, 0.25) is 0 Å². The molecule has 1 aromatic heterocycles. The van der Waals surface area contributed by atoms with Crippen LogP contribution in [0.4, 0.5) is 0 Å². The van der Waals surface area contributed by atoms with Gasteiger partial charge in [0, 0.05) is 61.4 Å². The van der Waals surface area contributed by atoms with Gasteiger partial charge in [-0.1, -0.05) is 36.4 Å². The second-order valence-corrected chi connectivity index (χ2v) is 8.52. The maximum atomic E-state index is 13.1. The number of nitrogens with two attached hydrogens (primary N) is 1. The number of β-amino-alcohol motifs (C(OH)–C–C–N with tert-alkyl or cyclic N) is 1. The highest BCUT2D eigenvalue weighted by molar-refractivity contribution is 6.00. The van der Waals surface area contributed by atoms with Gasteiger partial charge in [0.15, 0.2) is 0 Å². The van der Waals surface area contributed by atoms with Crippen LogP contribution in [0.1, 0.15) is 31.8 Å². The Balaban J connectivity index is 1.45. The number of piperazine rings is 1. The summed E-state index contributed by atoms with van der Waals surface area (Å²) in [6, 6.07) is 17.2. The van der Waals surface area contributed by atoms with E-state index in [1.807, 2.05) is 53.4 Å². The second kappa shape index (κ2) is 8.77. The molecule has 0 spiro atoms. The molecule has 2 amide bonds. The lowest BCUT2D eigenvalue weighted by molar-refractivity contribution is 0.0614. The van der Waals surface area contributed by atoms with Gasteiger partial charge in [-0.25, -0.2) is 4.98 Å². The van der Waals surface area contributed by atoms with E-state index in [4.69, 9.17) is 15.8 Å². The third-order valence-corrected chi connectivity index (χ3v) is 6.51. The molecule has 5 rings (SSSR count). The number of aliphatic hydroxyl groups excluding tert-OH is 1. The van der Waals surface area contributed by atoms with Gasteiger partial charge >= 0.3 is 0 Å². The zero-order valence-electron chi connectivity index (χ0n) is 18.3. The zero-order chi connectivity index (χ0) is 22.9. The van der Waals surface area contributed by atoms with Gasteiger partial charge in [-0.3, -0.25) is 14.5 Å². The van der Waals surface area contributed by atoms with Crippen molar-refractivity contribution in [3.05, 3.63) is 76.9 Å². The number of carbonyl (C=O) groups is 2.